The maximum atomic E-state index is 13.4. The van der Waals surface area contributed by atoms with Gasteiger partial charge in [0.2, 0.25) is 11.8 Å². The average Bonchev–Trinajstić information content (AvgIpc) is 3.42. The molecule has 0 fully saturated rings. The third kappa shape index (κ3) is 6.89. The number of aryl methyl sites for hydroxylation is 1. The van der Waals surface area contributed by atoms with Crippen LogP contribution in [0.5, 0.6) is 5.75 Å². The van der Waals surface area contributed by atoms with Crippen LogP contribution in [0.3, 0.4) is 0 Å². The van der Waals surface area contributed by atoms with Crippen molar-refractivity contribution in [2.45, 2.75) is 65.5 Å². The van der Waals surface area contributed by atoms with E-state index in [1.54, 1.807) is 19.1 Å². The van der Waals surface area contributed by atoms with Crippen molar-refractivity contribution in [2.75, 3.05) is 13.2 Å². The van der Waals surface area contributed by atoms with Crippen molar-refractivity contribution in [2.24, 2.45) is 22.0 Å². The number of aromatic nitrogens is 2. The lowest BCUT2D eigenvalue weighted by Crippen LogP contribution is -2.37. The number of hydrazone groups is 2. The molecule has 228 valence electrons. The highest BCUT2D eigenvalue weighted by molar-refractivity contribution is 6.10. The van der Waals surface area contributed by atoms with Crippen molar-refractivity contribution in [3.63, 3.8) is 0 Å². The zero-order valence-corrected chi connectivity index (χ0v) is 24.4. The summed E-state index contributed by atoms with van der Waals surface area (Å²) < 4.78 is 47.3. The van der Waals surface area contributed by atoms with Crippen LogP contribution in [-0.4, -0.2) is 51.0 Å². The van der Waals surface area contributed by atoms with Gasteiger partial charge in [0.15, 0.2) is 5.69 Å². The zero-order chi connectivity index (χ0) is 30.7. The Morgan fingerprint density at radius 1 is 0.953 bits per heavy atom. The fraction of sp³-hybridized carbons (Fsp3) is 0.452. The van der Waals surface area contributed by atoms with Gasteiger partial charge < -0.3 is 4.74 Å². The van der Waals surface area contributed by atoms with E-state index in [-0.39, 0.29) is 30.1 Å². The van der Waals surface area contributed by atoms with Gasteiger partial charge in [0.1, 0.15) is 5.75 Å². The lowest BCUT2D eigenvalue weighted by molar-refractivity contribution is -0.141. The number of hydrogen-bond donors (Lipinski definition) is 1. The average molecular weight is 597 g/mol. The molecule has 43 heavy (non-hydrogen) atoms. The maximum Gasteiger partial charge on any atom is 0.435 e. The van der Waals surface area contributed by atoms with Crippen molar-refractivity contribution in [1.82, 2.24) is 20.0 Å². The lowest BCUT2D eigenvalue weighted by atomic mass is 9.93. The summed E-state index contributed by atoms with van der Waals surface area (Å²) >= 11 is 0. The first-order valence-electron chi connectivity index (χ1n) is 14.6. The monoisotopic (exact) mass is 596 g/mol. The first-order chi connectivity index (χ1) is 20.5. The van der Waals surface area contributed by atoms with E-state index in [9.17, 15) is 22.8 Å². The van der Waals surface area contributed by atoms with Crippen LogP contribution in [0.1, 0.15) is 74.9 Å². The fourth-order valence-corrected chi connectivity index (χ4v) is 5.43. The van der Waals surface area contributed by atoms with Crippen LogP contribution in [0.4, 0.5) is 13.2 Å². The number of rotatable bonds is 10. The van der Waals surface area contributed by atoms with Crippen LogP contribution in [0.25, 0.3) is 5.52 Å². The molecule has 0 spiro atoms. The molecule has 2 aromatic heterocycles. The second-order valence-electron chi connectivity index (χ2n) is 11.2. The minimum absolute atomic E-state index is 0.0586. The van der Waals surface area contributed by atoms with E-state index in [2.05, 4.69) is 20.7 Å². The minimum Gasteiger partial charge on any atom is -0.494 e. The quantitative estimate of drug-likeness (QED) is 0.302. The highest BCUT2D eigenvalue weighted by Gasteiger charge is 2.35. The molecule has 0 saturated heterocycles. The standard InChI is InChI=1S/C31H35F3N6O3/c1-19-16-27(41)35-36-29(19)22-9-11-23(12-10-22)43-15-7-5-4-6-14-39-28(42)17-20(2)30(38-39)24-13-8-21(3)40-25(24)18-26(37-40)31(32,33)34/h8-13,18-20H,4-7,14-17H2,1-3H3,(H,35,41). The van der Waals surface area contributed by atoms with Crippen LogP contribution in [0, 0.1) is 18.8 Å². The van der Waals surface area contributed by atoms with E-state index in [0.29, 0.717) is 42.1 Å². The Morgan fingerprint density at radius 3 is 2.40 bits per heavy atom. The lowest BCUT2D eigenvalue weighted by Gasteiger charge is -2.28. The SMILES string of the molecule is Cc1ccc(C2=NN(CCCCCCOc3ccc(C4=NNC(=O)CC4C)cc3)C(=O)CC2C)c2cc(C(F)(F)F)nn12. The molecule has 9 nitrogen and oxygen atoms in total. The molecule has 3 aromatic rings. The summed E-state index contributed by atoms with van der Waals surface area (Å²) in [4.78, 5) is 24.2. The number of alkyl halides is 3. The molecular weight excluding hydrogens is 561 g/mol. The number of carbonyl (C=O) groups is 2. The molecular formula is C31H35F3N6O3. The molecule has 1 N–H and O–H groups in total. The molecule has 2 aliphatic rings. The third-order valence-corrected chi connectivity index (χ3v) is 7.78. The van der Waals surface area contributed by atoms with Crippen molar-refractivity contribution in [1.29, 1.82) is 0 Å². The zero-order valence-electron chi connectivity index (χ0n) is 24.4. The van der Waals surface area contributed by atoms with Gasteiger partial charge >= 0.3 is 6.18 Å². The van der Waals surface area contributed by atoms with E-state index < -0.39 is 11.9 Å². The summed E-state index contributed by atoms with van der Waals surface area (Å²) in [5.41, 5.74) is 5.43. The minimum atomic E-state index is -4.56. The Balaban J connectivity index is 1.12. The van der Waals surface area contributed by atoms with Gasteiger partial charge in [-0.2, -0.15) is 28.5 Å². The highest BCUT2D eigenvalue weighted by Crippen LogP contribution is 2.32. The molecule has 5 rings (SSSR count). The normalized spacial score (nSPS) is 19.3. The summed E-state index contributed by atoms with van der Waals surface area (Å²) in [6.45, 7) is 6.54. The van der Waals surface area contributed by atoms with Crippen LogP contribution in [0.2, 0.25) is 0 Å². The Kier molecular flexibility index (Phi) is 8.84. The summed E-state index contributed by atoms with van der Waals surface area (Å²) in [5.74, 6) is 0.425. The Bertz CT molecular complexity index is 1560. The number of ether oxygens (including phenoxy) is 1. The summed E-state index contributed by atoms with van der Waals surface area (Å²) in [6.07, 6.45) is -0.510. The first-order valence-corrected chi connectivity index (χ1v) is 14.6. The number of fused-ring (bicyclic) bond motifs is 1. The summed E-state index contributed by atoms with van der Waals surface area (Å²) in [6, 6.07) is 12.2. The number of halogens is 3. The second-order valence-corrected chi connectivity index (χ2v) is 11.2. The van der Waals surface area contributed by atoms with Gasteiger partial charge in [0, 0.05) is 42.5 Å². The number of nitrogens with zero attached hydrogens (tertiary/aromatic N) is 5. The molecule has 2 atom stereocenters. The molecule has 2 amide bonds. The van der Waals surface area contributed by atoms with Gasteiger partial charge in [-0.1, -0.05) is 20.3 Å². The van der Waals surface area contributed by atoms with Crippen LogP contribution >= 0.6 is 0 Å². The predicted molar refractivity (Wildman–Crippen MR) is 156 cm³/mol. The molecule has 2 aliphatic heterocycles. The maximum absolute atomic E-state index is 13.4. The van der Waals surface area contributed by atoms with Crippen molar-refractivity contribution in [3.05, 3.63) is 65.0 Å². The second kappa shape index (κ2) is 12.6. The van der Waals surface area contributed by atoms with Gasteiger partial charge in [0.25, 0.3) is 0 Å². The van der Waals surface area contributed by atoms with Crippen molar-refractivity contribution >= 4 is 28.8 Å². The van der Waals surface area contributed by atoms with E-state index >= 15 is 0 Å². The first kappa shape index (κ1) is 30.2. The number of benzene rings is 1. The number of unbranched alkanes of at least 4 members (excludes halogenated alkanes) is 3. The third-order valence-electron chi connectivity index (χ3n) is 7.78. The molecule has 0 bridgehead atoms. The number of pyridine rings is 1. The smallest absolute Gasteiger partial charge is 0.435 e. The van der Waals surface area contributed by atoms with Crippen molar-refractivity contribution in [3.8, 4) is 5.75 Å². The van der Waals surface area contributed by atoms with Gasteiger partial charge in [-0.25, -0.2) is 15.0 Å². The van der Waals surface area contributed by atoms with Gasteiger partial charge in [-0.05, 0) is 74.2 Å². The van der Waals surface area contributed by atoms with E-state index in [4.69, 9.17) is 4.74 Å². The van der Waals surface area contributed by atoms with E-state index in [1.165, 1.54) is 9.52 Å². The van der Waals surface area contributed by atoms with Gasteiger partial charge in [0.05, 0.1) is 23.5 Å². The topological polar surface area (TPSA) is 101 Å². The summed E-state index contributed by atoms with van der Waals surface area (Å²) in [5, 5.41) is 14.0. The molecule has 0 aliphatic carbocycles. The van der Waals surface area contributed by atoms with Crippen LogP contribution in [-0.2, 0) is 15.8 Å². The largest absolute Gasteiger partial charge is 0.494 e. The van der Waals surface area contributed by atoms with E-state index in [1.807, 2.05) is 38.1 Å². The molecule has 0 radical (unpaired) electrons. The molecule has 1 aromatic carbocycles. The Morgan fingerprint density at radius 2 is 1.67 bits per heavy atom. The van der Waals surface area contributed by atoms with Crippen molar-refractivity contribution < 1.29 is 27.5 Å². The highest BCUT2D eigenvalue weighted by atomic mass is 19.4. The van der Waals surface area contributed by atoms with E-state index in [0.717, 1.165) is 48.8 Å². The molecule has 0 saturated carbocycles. The Labute approximate surface area is 247 Å². The number of nitrogens with one attached hydrogen (secondary N) is 1. The van der Waals surface area contributed by atoms with Gasteiger partial charge in [-0.15, -0.1) is 0 Å². The van der Waals surface area contributed by atoms with Crippen LogP contribution in [0.15, 0.2) is 52.7 Å². The number of amides is 2. The van der Waals surface area contributed by atoms with Gasteiger partial charge in [-0.3, -0.25) is 9.59 Å². The molecule has 2 unspecified atom stereocenters. The molecule has 4 heterocycles. The van der Waals surface area contributed by atoms with Crippen LogP contribution < -0.4 is 10.2 Å². The summed E-state index contributed by atoms with van der Waals surface area (Å²) in [7, 11) is 0. The fourth-order valence-electron chi connectivity index (χ4n) is 5.43. The molecule has 12 heteroatoms. The number of hydrogen-bond acceptors (Lipinski definition) is 6. The Hall–Kier alpha value is -4.22. The predicted octanol–water partition coefficient (Wildman–Crippen LogP) is 5.73. The number of carbonyl (C=O) groups excluding carboxylic acids is 2.